The highest BCUT2D eigenvalue weighted by atomic mass is 19.4. The number of hydrogen-bond donors (Lipinski definition) is 0. The number of nitrogens with zero attached hydrogens (tertiary/aromatic N) is 1. The maximum Gasteiger partial charge on any atom is 0.522 e. The fraction of sp³-hybridized carbons (Fsp3) is 0.300. The molecule has 0 radical (unpaired) electrons. The summed E-state index contributed by atoms with van der Waals surface area (Å²) >= 11 is 0. The molecule has 3 nitrogen and oxygen atoms in total. The van der Waals surface area contributed by atoms with Crippen LogP contribution in [0.25, 0.3) is 0 Å². The summed E-state index contributed by atoms with van der Waals surface area (Å²) in [5, 5.41) is 8.60. The molecule has 0 aliphatic carbocycles. The Morgan fingerprint density at radius 1 is 1.24 bits per heavy atom. The van der Waals surface area contributed by atoms with Crippen molar-refractivity contribution in [3.8, 4) is 11.8 Å². The second-order valence-electron chi connectivity index (χ2n) is 2.87. The first-order valence-corrected chi connectivity index (χ1v) is 4.46. The van der Waals surface area contributed by atoms with Crippen LogP contribution in [0.4, 0.5) is 17.6 Å². The van der Waals surface area contributed by atoms with Gasteiger partial charge in [0, 0.05) is 0 Å². The molecule has 0 atom stereocenters. The van der Waals surface area contributed by atoms with E-state index in [9.17, 15) is 17.6 Å². The van der Waals surface area contributed by atoms with Crippen LogP contribution in [0, 0.1) is 17.1 Å². The Morgan fingerprint density at radius 3 is 2.53 bits per heavy atom. The van der Waals surface area contributed by atoms with Crippen LogP contribution in [0.3, 0.4) is 0 Å². The van der Waals surface area contributed by atoms with Crippen LogP contribution in [0.5, 0.6) is 5.75 Å². The van der Waals surface area contributed by atoms with E-state index in [1.165, 1.54) is 12.1 Å². The Balaban J connectivity index is 2.53. The average Bonchev–Trinajstić information content (AvgIpc) is 2.23. The molecule has 0 aromatic heterocycles. The molecule has 7 heteroatoms. The van der Waals surface area contributed by atoms with Crippen molar-refractivity contribution in [1.82, 2.24) is 0 Å². The van der Waals surface area contributed by atoms with Gasteiger partial charge in [-0.1, -0.05) is 6.07 Å². The topological polar surface area (TPSA) is 42.2 Å². The number of hydrogen-bond acceptors (Lipinski definition) is 3. The lowest BCUT2D eigenvalue weighted by molar-refractivity contribution is -0.325. The van der Waals surface area contributed by atoms with Gasteiger partial charge in [-0.25, -0.2) is 4.39 Å². The molecule has 0 fully saturated rings. The molecule has 0 saturated heterocycles. The van der Waals surface area contributed by atoms with E-state index in [0.717, 1.165) is 6.07 Å². The third kappa shape index (κ3) is 4.28. The predicted octanol–water partition coefficient (Wildman–Crippen LogP) is 2.61. The molecule has 1 aromatic rings. The molecule has 1 rings (SSSR count). The Kier molecular flexibility index (Phi) is 4.29. The number of halogens is 4. The van der Waals surface area contributed by atoms with E-state index in [0.29, 0.717) is 0 Å². The van der Waals surface area contributed by atoms with Gasteiger partial charge < -0.3 is 4.74 Å². The number of ether oxygens (including phenoxy) is 2. The van der Waals surface area contributed by atoms with Gasteiger partial charge in [0.15, 0.2) is 0 Å². The van der Waals surface area contributed by atoms with Crippen LogP contribution in [0.2, 0.25) is 0 Å². The van der Waals surface area contributed by atoms with Crippen LogP contribution in [-0.4, -0.2) is 19.6 Å². The molecule has 0 amide bonds. The minimum atomic E-state index is -4.73. The standard InChI is InChI=1S/C10H7F4NO2/c11-8-2-1-3-9(7(8)6-15)16-4-5-17-10(12,13)14/h1-3H,4-5H2. The van der Waals surface area contributed by atoms with Crippen molar-refractivity contribution >= 4 is 0 Å². The molecular formula is C10H7F4NO2. The second-order valence-corrected chi connectivity index (χ2v) is 2.87. The summed E-state index contributed by atoms with van der Waals surface area (Å²) in [6.45, 7) is -1.16. The minimum absolute atomic E-state index is 0.113. The number of alkyl halides is 3. The summed E-state index contributed by atoms with van der Waals surface area (Å²) < 4.78 is 56.1. The van der Waals surface area contributed by atoms with Crippen molar-refractivity contribution in [2.45, 2.75) is 6.36 Å². The summed E-state index contributed by atoms with van der Waals surface area (Å²) in [7, 11) is 0. The van der Waals surface area contributed by atoms with Crippen LogP contribution < -0.4 is 4.74 Å². The lowest BCUT2D eigenvalue weighted by Crippen LogP contribution is -2.18. The van der Waals surface area contributed by atoms with Gasteiger partial charge in [-0.2, -0.15) is 5.26 Å². The molecule has 0 spiro atoms. The normalized spacial score (nSPS) is 11.0. The predicted molar refractivity (Wildman–Crippen MR) is 48.6 cm³/mol. The van der Waals surface area contributed by atoms with Gasteiger partial charge in [0.2, 0.25) is 0 Å². The lowest BCUT2D eigenvalue weighted by Gasteiger charge is -2.09. The zero-order valence-electron chi connectivity index (χ0n) is 8.42. The van der Waals surface area contributed by atoms with Crippen molar-refractivity contribution < 1.29 is 27.0 Å². The first kappa shape index (κ1) is 13.3. The average molecular weight is 249 g/mol. The van der Waals surface area contributed by atoms with Gasteiger partial charge in [0.25, 0.3) is 0 Å². The Morgan fingerprint density at radius 2 is 1.94 bits per heavy atom. The summed E-state index contributed by atoms with van der Waals surface area (Å²) in [4.78, 5) is 0. The zero-order valence-corrected chi connectivity index (χ0v) is 8.42. The van der Waals surface area contributed by atoms with E-state index < -0.39 is 25.4 Å². The lowest BCUT2D eigenvalue weighted by atomic mass is 10.2. The smallest absolute Gasteiger partial charge is 0.490 e. The molecule has 92 valence electrons. The van der Waals surface area contributed by atoms with Gasteiger partial charge in [-0.3, -0.25) is 4.74 Å². The molecular weight excluding hydrogens is 242 g/mol. The first-order chi connectivity index (χ1) is 7.94. The third-order valence-corrected chi connectivity index (χ3v) is 1.69. The highest BCUT2D eigenvalue weighted by Gasteiger charge is 2.28. The number of nitriles is 1. The highest BCUT2D eigenvalue weighted by molar-refractivity contribution is 5.43. The monoisotopic (exact) mass is 249 g/mol. The fourth-order valence-electron chi connectivity index (χ4n) is 1.04. The van der Waals surface area contributed by atoms with E-state index in [4.69, 9.17) is 10.00 Å². The number of rotatable bonds is 4. The van der Waals surface area contributed by atoms with E-state index in [2.05, 4.69) is 4.74 Å². The molecule has 0 aliphatic rings. The van der Waals surface area contributed by atoms with Crippen LogP contribution in [-0.2, 0) is 4.74 Å². The van der Waals surface area contributed by atoms with Crippen molar-refractivity contribution in [1.29, 1.82) is 5.26 Å². The summed E-state index contributed by atoms with van der Waals surface area (Å²) in [5.41, 5.74) is -0.348. The zero-order chi connectivity index (χ0) is 12.9. The van der Waals surface area contributed by atoms with Gasteiger partial charge in [0.05, 0.1) is 6.61 Å². The van der Waals surface area contributed by atoms with Crippen molar-refractivity contribution in [3.63, 3.8) is 0 Å². The molecule has 0 aliphatic heterocycles. The Labute approximate surface area is 94.2 Å². The molecule has 0 heterocycles. The summed E-state index contributed by atoms with van der Waals surface area (Å²) in [6.07, 6.45) is -4.73. The first-order valence-electron chi connectivity index (χ1n) is 4.46. The molecule has 0 unspecified atom stereocenters. The van der Waals surface area contributed by atoms with Gasteiger partial charge in [-0.05, 0) is 12.1 Å². The highest BCUT2D eigenvalue weighted by Crippen LogP contribution is 2.20. The molecule has 0 N–H and O–H groups in total. The Hall–Kier alpha value is -1.81. The van der Waals surface area contributed by atoms with Crippen molar-refractivity contribution in [2.75, 3.05) is 13.2 Å². The van der Waals surface area contributed by atoms with Crippen LogP contribution >= 0.6 is 0 Å². The van der Waals surface area contributed by atoms with E-state index in [1.807, 2.05) is 0 Å². The summed E-state index contributed by atoms with van der Waals surface area (Å²) in [5.74, 6) is -0.903. The van der Waals surface area contributed by atoms with Crippen molar-refractivity contribution in [2.24, 2.45) is 0 Å². The fourth-order valence-corrected chi connectivity index (χ4v) is 1.04. The maximum absolute atomic E-state index is 13.0. The minimum Gasteiger partial charge on any atom is -0.490 e. The molecule has 1 aromatic carbocycles. The molecule has 17 heavy (non-hydrogen) atoms. The Bertz CT molecular complexity index is 425. The maximum atomic E-state index is 13.0. The largest absolute Gasteiger partial charge is 0.522 e. The van der Waals surface area contributed by atoms with Crippen LogP contribution in [0.1, 0.15) is 5.56 Å². The third-order valence-electron chi connectivity index (χ3n) is 1.69. The molecule has 0 saturated carbocycles. The van der Waals surface area contributed by atoms with Gasteiger partial charge in [0.1, 0.15) is 29.8 Å². The second kappa shape index (κ2) is 5.50. The number of benzene rings is 1. The van der Waals surface area contributed by atoms with E-state index in [-0.39, 0.29) is 11.3 Å². The van der Waals surface area contributed by atoms with Crippen molar-refractivity contribution in [3.05, 3.63) is 29.6 Å². The van der Waals surface area contributed by atoms with Crippen LogP contribution in [0.15, 0.2) is 18.2 Å². The van der Waals surface area contributed by atoms with Gasteiger partial charge >= 0.3 is 6.36 Å². The quantitative estimate of drug-likeness (QED) is 0.608. The van der Waals surface area contributed by atoms with E-state index in [1.54, 1.807) is 6.07 Å². The van der Waals surface area contributed by atoms with E-state index >= 15 is 0 Å². The molecule has 0 bridgehead atoms. The summed E-state index contributed by atoms with van der Waals surface area (Å²) in [6, 6.07) is 5.19. The van der Waals surface area contributed by atoms with Gasteiger partial charge in [-0.15, -0.1) is 13.2 Å². The SMILES string of the molecule is N#Cc1c(F)cccc1OCCOC(F)(F)F.